The number of anilines is 1. The Morgan fingerprint density at radius 2 is 1.88 bits per heavy atom. The van der Waals surface area contributed by atoms with Crippen LogP contribution in [0.3, 0.4) is 0 Å². The summed E-state index contributed by atoms with van der Waals surface area (Å²) in [5.74, 6) is 1.09. The van der Waals surface area contributed by atoms with E-state index in [1.807, 2.05) is 10.7 Å². The SMILES string of the molecule is Cc1ccc(-n2nc(C(C)C)cc2N)c(C)c1. The molecule has 2 rings (SSSR count). The molecule has 0 radical (unpaired) electrons. The van der Waals surface area contributed by atoms with E-state index in [1.165, 1.54) is 11.1 Å². The minimum Gasteiger partial charge on any atom is -0.384 e. The number of hydrogen-bond acceptors (Lipinski definition) is 2. The zero-order chi connectivity index (χ0) is 12.6. The van der Waals surface area contributed by atoms with Gasteiger partial charge in [0, 0.05) is 6.07 Å². The van der Waals surface area contributed by atoms with Gasteiger partial charge < -0.3 is 5.73 Å². The molecule has 2 N–H and O–H groups in total. The van der Waals surface area contributed by atoms with E-state index in [-0.39, 0.29) is 0 Å². The van der Waals surface area contributed by atoms with Gasteiger partial charge in [0.2, 0.25) is 0 Å². The second kappa shape index (κ2) is 4.24. The van der Waals surface area contributed by atoms with Crippen molar-refractivity contribution in [3.05, 3.63) is 41.1 Å². The van der Waals surface area contributed by atoms with Crippen LogP contribution in [-0.2, 0) is 0 Å². The molecule has 0 spiro atoms. The highest BCUT2D eigenvalue weighted by molar-refractivity contribution is 5.48. The predicted molar refractivity (Wildman–Crippen MR) is 71.5 cm³/mol. The summed E-state index contributed by atoms with van der Waals surface area (Å²) in [5.41, 5.74) is 10.5. The summed E-state index contributed by atoms with van der Waals surface area (Å²) < 4.78 is 1.82. The van der Waals surface area contributed by atoms with Crippen LogP contribution in [0.15, 0.2) is 24.3 Å². The van der Waals surface area contributed by atoms with Gasteiger partial charge in [-0.3, -0.25) is 0 Å². The van der Waals surface area contributed by atoms with E-state index in [0.717, 1.165) is 11.4 Å². The predicted octanol–water partition coefficient (Wildman–Crippen LogP) is 3.19. The van der Waals surface area contributed by atoms with Crippen LogP contribution >= 0.6 is 0 Å². The third-order valence-corrected chi connectivity index (χ3v) is 2.93. The van der Waals surface area contributed by atoms with Gasteiger partial charge in [0.05, 0.1) is 11.4 Å². The minimum absolute atomic E-state index is 0.393. The Hall–Kier alpha value is -1.77. The van der Waals surface area contributed by atoms with Crippen LogP contribution in [0.25, 0.3) is 5.69 Å². The lowest BCUT2D eigenvalue weighted by Gasteiger charge is -2.08. The topological polar surface area (TPSA) is 43.8 Å². The van der Waals surface area contributed by atoms with Gasteiger partial charge >= 0.3 is 0 Å². The molecule has 1 aromatic carbocycles. The fourth-order valence-electron chi connectivity index (χ4n) is 1.93. The summed E-state index contributed by atoms with van der Waals surface area (Å²) in [6, 6.07) is 8.24. The Bertz CT molecular complexity index is 538. The third kappa shape index (κ3) is 2.18. The van der Waals surface area contributed by atoms with Crippen molar-refractivity contribution < 1.29 is 0 Å². The van der Waals surface area contributed by atoms with Crippen LogP contribution < -0.4 is 5.73 Å². The molecule has 1 aromatic heterocycles. The molecule has 0 aliphatic heterocycles. The lowest BCUT2D eigenvalue weighted by Crippen LogP contribution is -2.04. The Balaban J connectivity index is 2.52. The van der Waals surface area contributed by atoms with Crippen LogP contribution in [-0.4, -0.2) is 9.78 Å². The Morgan fingerprint density at radius 3 is 2.41 bits per heavy atom. The van der Waals surface area contributed by atoms with Crippen molar-refractivity contribution in [3.8, 4) is 5.69 Å². The number of aromatic nitrogens is 2. The molecule has 17 heavy (non-hydrogen) atoms. The standard InChI is InChI=1S/C14H19N3/c1-9(2)12-8-14(15)17(16-12)13-6-5-10(3)7-11(13)4/h5-9H,15H2,1-4H3. The summed E-state index contributed by atoms with van der Waals surface area (Å²) in [5, 5.41) is 4.56. The van der Waals surface area contributed by atoms with Gasteiger partial charge in [-0.2, -0.15) is 5.10 Å². The molecule has 0 saturated carbocycles. The van der Waals surface area contributed by atoms with Crippen molar-refractivity contribution >= 4 is 5.82 Å². The van der Waals surface area contributed by atoms with Crippen LogP contribution in [0, 0.1) is 13.8 Å². The number of nitrogen functional groups attached to an aromatic ring is 1. The van der Waals surface area contributed by atoms with E-state index in [4.69, 9.17) is 5.73 Å². The highest BCUT2D eigenvalue weighted by atomic mass is 15.3. The van der Waals surface area contributed by atoms with E-state index in [0.29, 0.717) is 11.7 Å². The molecule has 0 unspecified atom stereocenters. The van der Waals surface area contributed by atoms with E-state index < -0.39 is 0 Å². The van der Waals surface area contributed by atoms with E-state index in [2.05, 4.69) is 51.0 Å². The number of hydrogen-bond donors (Lipinski definition) is 1. The molecule has 0 aliphatic rings. The average molecular weight is 229 g/mol. The first kappa shape index (κ1) is 11.7. The van der Waals surface area contributed by atoms with Gasteiger partial charge in [0.25, 0.3) is 0 Å². The minimum atomic E-state index is 0.393. The summed E-state index contributed by atoms with van der Waals surface area (Å²) in [6.07, 6.45) is 0. The van der Waals surface area contributed by atoms with Gasteiger partial charge in [-0.25, -0.2) is 4.68 Å². The molecule has 0 atom stereocenters. The van der Waals surface area contributed by atoms with Crippen molar-refractivity contribution in [2.24, 2.45) is 0 Å². The van der Waals surface area contributed by atoms with Crippen molar-refractivity contribution in [3.63, 3.8) is 0 Å². The number of benzene rings is 1. The zero-order valence-corrected chi connectivity index (χ0v) is 10.9. The molecule has 0 fully saturated rings. The maximum atomic E-state index is 6.02. The van der Waals surface area contributed by atoms with Gasteiger partial charge in [-0.15, -0.1) is 0 Å². The fraction of sp³-hybridized carbons (Fsp3) is 0.357. The average Bonchev–Trinajstić information content (AvgIpc) is 2.61. The van der Waals surface area contributed by atoms with Crippen LogP contribution in [0.2, 0.25) is 0 Å². The molecular formula is C14H19N3. The second-order valence-corrected chi connectivity index (χ2v) is 4.85. The van der Waals surface area contributed by atoms with E-state index in [1.54, 1.807) is 0 Å². The molecule has 1 heterocycles. The molecule has 0 bridgehead atoms. The van der Waals surface area contributed by atoms with Gasteiger partial charge in [-0.1, -0.05) is 31.5 Å². The highest BCUT2D eigenvalue weighted by Crippen LogP contribution is 2.22. The lowest BCUT2D eigenvalue weighted by molar-refractivity contribution is 0.769. The summed E-state index contributed by atoms with van der Waals surface area (Å²) in [4.78, 5) is 0. The number of nitrogens with two attached hydrogens (primary N) is 1. The Labute approximate surface area is 102 Å². The van der Waals surface area contributed by atoms with E-state index in [9.17, 15) is 0 Å². The number of rotatable bonds is 2. The first-order valence-corrected chi connectivity index (χ1v) is 5.92. The van der Waals surface area contributed by atoms with Crippen molar-refractivity contribution in [1.82, 2.24) is 9.78 Å². The highest BCUT2D eigenvalue weighted by Gasteiger charge is 2.11. The fourth-order valence-corrected chi connectivity index (χ4v) is 1.93. The zero-order valence-electron chi connectivity index (χ0n) is 10.9. The molecule has 90 valence electrons. The first-order valence-electron chi connectivity index (χ1n) is 5.92. The molecule has 2 aromatic rings. The molecule has 3 heteroatoms. The van der Waals surface area contributed by atoms with Gasteiger partial charge in [-0.05, 0) is 31.4 Å². The normalized spacial score (nSPS) is 11.1. The maximum Gasteiger partial charge on any atom is 0.127 e. The summed E-state index contributed by atoms with van der Waals surface area (Å²) in [7, 11) is 0. The molecule has 0 aliphatic carbocycles. The van der Waals surface area contributed by atoms with E-state index >= 15 is 0 Å². The lowest BCUT2D eigenvalue weighted by atomic mass is 10.1. The Morgan fingerprint density at radius 1 is 1.18 bits per heavy atom. The first-order chi connectivity index (χ1) is 7.99. The van der Waals surface area contributed by atoms with Crippen molar-refractivity contribution in [2.75, 3.05) is 5.73 Å². The van der Waals surface area contributed by atoms with Crippen LogP contribution in [0.5, 0.6) is 0 Å². The van der Waals surface area contributed by atoms with Crippen molar-refractivity contribution in [2.45, 2.75) is 33.6 Å². The number of aryl methyl sites for hydroxylation is 2. The molecule has 0 saturated heterocycles. The molecule has 3 nitrogen and oxygen atoms in total. The number of nitrogens with zero attached hydrogens (tertiary/aromatic N) is 2. The molecular weight excluding hydrogens is 210 g/mol. The van der Waals surface area contributed by atoms with Crippen LogP contribution in [0.4, 0.5) is 5.82 Å². The van der Waals surface area contributed by atoms with Crippen molar-refractivity contribution in [1.29, 1.82) is 0 Å². The summed E-state index contributed by atoms with van der Waals surface area (Å²) >= 11 is 0. The monoisotopic (exact) mass is 229 g/mol. The second-order valence-electron chi connectivity index (χ2n) is 4.85. The quantitative estimate of drug-likeness (QED) is 0.859. The smallest absolute Gasteiger partial charge is 0.127 e. The largest absolute Gasteiger partial charge is 0.384 e. The summed E-state index contributed by atoms with van der Waals surface area (Å²) in [6.45, 7) is 8.41. The third-order valence-electron chi connectivity index (χ3n) is 2.93. The van der Waals surface area contributed by atoms with Gasteiger partial charge in [0.1, 0.15) is 5.82 Å². The Kier molecular flexibility index (Phi) is 2.92. The maximum absolute atomic E-state index is 6.02. The van der Waals surface area contributed by atoms with Crippen LogP contribution in [0.1, 0.15) is 36.6 Å². The molecule has 0 amide bonds. The van der Waals surface area contributed by atoms with Gasteiger partial charge in [0.15, 0.2) is 0 Å².